The van der Waals surface area contributed by atoms with E-state index in [0.29, 0.717) is 5.56 Å². The molecule has 1 saturated heterocycles. The fraction of sp³-hybridized carbons (Fsp3) is 0.333. The molecule has 0 unspecified atom stereocenters. The number of H-pyrrole nitrogens is 1. The van der Waals surface area contributed by atoms with Crippen LogP contribution in [0.5, 0.6) is 0 Å². The molecule has 21 heavy (non-hydrogen) atoms. The average Bonchev–Trinajstić information content (AvgIpc) is 2.47. The summed E-state index contributed by atoms with van der Waals surface area (Å²) in [6.07, 6.45) is -0.550. The van der Waals surface area contributed by atoms with Gasteiger partial charge < -0.3 is 20.1 Å². The van der Waals surface area contributed by atoms with Gasteiger partial charge in [0.2, 0.25) is 0 Å². The summed E-state index contributed by atoms with van der Waals surface area (Å²) in [6, 6.07) is 9.06. The molecule has 0 bridgehead atoms. The quantitative estimate of drug-likeness (QED) is 0.741. The van der Waals surface area contributed by atoms with E-state index in [9.17, 15) is 14.7 Å². The van der Waals surface area contributed by atoms with Crippen molar-refractivity contribution in [2.45, 2.75) is 18.4 Å². The third kappa shape index (κ3) is 2.38. The molecule has 0 saturated carbocycles. The number of pyridine rings is 1. The van der Waals surface area contributed by atoms with Crippen molar-refractivity contribution in [3.8, 4) is 0 Å². The number of benzene rings is 1. The number of carbonyl (C=O) groups is 1. The molecule has 1 aliphatic heterocycles. The fourth-order valence-electron chi connectivity index (χ4n) is 2.83. The van der Waals surface area contributed by atoms with Gasteiger partial charge in [0.05, 0.1) is 5.60 Å². The lowest BCUT2D eigenvalue weighted by molar-refractivity contribution is -0.0222. The Morgan fingerprint density at radius 2 is 1.90 bits per heavy atom. The largest absolute Gasteiger partial charge is 0.465 e. The minimum absolute atomic E-state index is 0.220. The van der Waals surface area contributed by atoms with Crippen LogP contribution in [0.4, 0.5) is 4.79 Å². The first kappa shape index (κ1) is 13.6. The highest BCUT2D eigenvalue weighted by Crippen LogP contribution is 2.31. The molecule has 1 aromatic carbocycles. The molecule has 1 aromatic heterocycles. The number of carboxylic acid groups (broad SMARTS) is 1. The molecule has 1 amide bonds. The molecular weight excluding hydrogens is 272 g/mol. The van der Waals surface area contributed by atoms with E-state index in [-0.39, 0.29) is 31.5 Å². The third-order valence-electron chi connectivity index (χ3n) is 4.12. The van der Waals surface area contributed by atoms with Crippen LogP contribution in [0.3, 0.4) is 0 Å². The number of aromatic nitrogens is 1. The molecule has 0 radical (unpaired) electrons. The molecule has 3 rings (SSSR count). The van der Waals surface area contributed by atoms with Gasteiger partial charge in [-0.25, -0.2) is 4.79 Å². The van der Waals surface area contributed by atoms with Crippen molar-refractivity contribution < 1.29 is 15.0 Å². The summed E-state index contributed by atoms with van der Waals surface area (Å²) in [6.45, 7) is 0.441. The van der Waals surface area contributed by atoms with Crippen LogP contribution in [0, 0.1) is 0 Å². The van der Waals surface area contributed by atoms with Crippen LogP contribution in [-0.2, 0) is 5.60 Å². The molecule has 1 fully saturated rings. The molecule has 1 aliphatic rings. The van der Waals surface area contributed by atoms with Crippen LogP contribution in [0.15, 0.2) is 35.1 Å². The van der Waals surface area contributed by atoms with E-state index in [1.54, 1.807) is 12.1 Å². The Bertz CT molecular complexity index is 745. The molecule has 0 atom stereocenters. The number of para-hydroxylation sites is 1. The zero-order valence-corrected chi connectivity index (χ0v) is 11.4. The summed E-state index contributed by atoms with van der Waals surface area (Å²) < 4.78 is 0. The standard InChI is InChI=1S/C15H16N2O4/c18-13-11(9-10-3-1-2-4-12(10)16-13)15(21)5-7-17(8-6-15)14(19)20/h1-4,9,21H,5-8H2,(H,16,18)(H,19,20). The maximum Gasteiger partial charge on any atom is 0.407 e. The van der Waals surface area contributed by atoms with Crippen LogP contribution < -0.4 is 5.56 Å². The summed E-state index contributed by atoms with van der Waals surface area (Å²) in [5.74, 6) is 0. The van der Waals surface area contributed by atoms with Gasteiger partial charge in [-0.2, -0.15) is 0 Å². The molecule has 3 N–H and O–H groups in total. The number of hydrogen-bond donors (Lipinski definition) is 3. The number of rotatable bonds is 1. The summed E-state index contributed by atoms with van der Waals surface area (Å²) in [7, 11) is 0. The van der Waals surface area contributed by atoms with Gasteiger partial charge in [-0.05, 0) is 30.4 Å². The second kappa shape index (κ2) is 4.89. The average molecular weight is 288 g/mol. The van der Waals surface area contributed by atoms with Gasteiger partial charge >= 0.3 is 6.09 Å². The summed E-state index contributed by atoms with van der Waals surface area (Å²) in [4.78, 5) is 27.2. The molecule has 6 heteroatoms. The van der Waals surface area contributed by atoms with Gasteiger partial charge in [0, 0.05) is 24.2 Å². The van der Waals surface area contributed by atoms with Gasteiger partial charge in [0.1, 0.15) is 0 Å². The normalized spacial score (nSPS) is 17.9. The first-order chi connectivity index (χ1) is 9.99. The number of amides is 1. The molecule has 0 spiro atoms. The maximum absolute atomic E-state index is 12.2. The Hall–Kier alpha value is -2.34. The second-order valence-corrected chi connectivity index (χ2v) is 5.40. The Balaban J connectivity index is 1.98. The molecule has 0 aliphatic carbocycles. The van der Waals surface area contributed by atoms with Gasteiger partial charge in [0.15, 0.2) is 0 Å². The smallest absolute Gasteiger partial charge is 0.407 e. The number of hydrogen-bond acceptors (Lipinski definition) is 3. The highest BCUT2D eigenvalue weighted by Gasteiger charge is 2.37. The van der Waals surface area contributed by atoms with E-state index in [4.69, 9.17) is 5.11 Å². The number of aliphatic hydroxyl groups is 1. The van der Waals surface area contributed by atoms with Crippen LogP contribution in [0.1, 0.15) is 18.4 Å². The Morgan fingerprint density at radius 3 is 2.57 bits per heavy atom. The molecular formula is C15H16N2O4. The van der Waals surface area contributed by atoms with E-state index < -0.39 is 11.7 Å². The van der Waals surface area contributed by atoms with Crippen LogP contribution in [0.2, 0.25) is 0 Å². The highest BCUT2D eigenvalue weighted by atomic mass is 16.4. The zero-order valence-electron chi connectivity index (χ0n) is 11.4. The highest BCUT2D eigenvalue weighted by molar-refractivity contribution is 5.78. The van der Waals surface area contributed by atoms with Crippen LogP contribution in [-0.4, -0.2) is 39.3 Å². The van der Waals surface area contributed by atoms with Crippen molar-refractivity contribution in [3.63, 3.8) is 0 Å². The van der Waals surface area contributed by atoms with Crippen molar-refractivity contribution >= 4 is 17.0 Å². The van der Waals surface area contributed by atoms with E-state index in [1.807, 2.05) is 18.2 Å². The second-order valence-electron chi connectivity index (χ2n) is 5.40. The Morgan fingerprint density at radius 1 is 1.24 bits per heavy atom. The maximum atomic E-state index is 12.2. The van der Waals surface area contributed by atoms with Gasteiger partial charge in [-0.3, -0.25) is 4.79 Å². The predicted octanol–water partition coefficient (Wildman–Crippen LogP) is 1.49. The number of piperidine rings is 1. The van der Waals surface area contributed by atoms with Crippen molar-refractivity contribution in [1.82, 2.24) is 9.88 Å². The predicted molar refractivity (Wildman–Crippen MR) is 77.3 cm³/mol. The lowest BCUT2D eigenvalue weighted by atomic mass is 9.84. The summed E-state index contributed by atoms with van der Waals surface area (Å²) in [5.41, 5.74) is -0.562. The van der Waals surface area contributed by atoms with Crippen LogP contribution in [0.25, 0.3) is 10.9 Å². The minimum Gasteiger partial charge on any atom is -0.465 e. The van der Waals surface area contributed by atoms with E-state index >= 15 is 0 Å². The fourth-order valence-corrected chi connectivity index (χ4v) is 2.83. The third-order valence-corrected chi connectivity index (χ3v) is 4.12. The monoisotopic (exact) mass is 288 g/mol. The van der Waals surface area contributed by atoms with Crippen molar-refractivity contribution in [2.24, 2.45) is 0 Å². The van der Waals surface area contributed by atoms with E-state index in [0.717, 1.165) is 10.9 Å². The molecule has 6 nitrogen and oxygen atoms in total. The van der Waals surface area contributed by atoms with Crippen LogP contribution >= 0.6 is 0 Å². The van der Waals surface area contributed by atoms with Crippen molar-refractivity contribution in [1.29, 1.82) is 0 Å². The minimum atomic E-state index is -1.27. The molecule has 2 aromatic rings. The lowest BCUT2D eigenvalue weighted by Gasteiger charge is -2.36. The van der Waals surface area contributed by atoms with Gasteiger partial charge in [-0.1, -0.05) is 18.2 Å². The summed E-state index contributed by atoms with van der Waals surface area (Å²) >= 11 is 0. The zero-order chi connectivity index (χ0) is 15.0. The number of likely N-dealkylation sites (tertiary alicyclic amines) is 1. The van der Waals surface area contributed by atoms with Gasteiger partial charge in [-0.15, -0.1) is 0 Å². The Kier molecular flexibility index (Phi) is 3.17. The number of fused-ring (bicyclic) bond motifs is 1. The van der Waals surface area contributed by atoms with E-state index in [2.05, 4.69) is 4.98 Å². The SMILES string of the molecule is O=C(O)N1CCC(O)(c2cc3ccccc3[nH]c2=O)CC1. The Labute approximate surface area is 120 Å². The number of nitrogens with zero attached hydrogens (tertiary/aromatic N) is 1. The number of nitrogens with one attached hydrogen (secondary N) is 1. The first-order valence-corrected chi connectivity index (χ1v) is 6.82. The lowest BCUT2D eigenvalue weighted by Crippen LogP contribution is -2.46. The topological polar surface area (TPSA) is 93.6 Å². The summed E-state index contributed by atoms with van der Waals surface area (Å²) in [5, 5.41) is 20.5. The molecule has 2 heterocycles. The first-order valence-electron chi connectivity index (χ1n) is 6.82. The van der Waals surface area contributed by atoms with E-state index in [1.165, 1.54) is 4.90 Å². The van der Waals surface area contributed by atoms with Crippen molar-refractivity contribution in [2.75, 3.05) is 13.1 Å². The molecule has 110 valence electrons. The van der Waals surface area contributed by atoms with Gasteiger partial charge in [0.25, 0.3) is 5.56 Å². The number of aromatic amines is 1. The van der Waals surface area contributed by atoms with Crippen molar-refractivity contribution in [3.05, 3.63) is 46.2 Å².